The van der Waals surface area contributed by atoms with Gasteiger partial charge >= 0.3 is 6.01 Å². The molecule has 2 aliphatic rings. The number of ether oxygens (including phenoxy) is 3. The van der Waals surface area contributed by atoms with E-state index in [0.717, 1.165) is 41.3 Å². The summed E-state index contributed by atoms with van der Waals surface area (Å²) >= 11 is 6.69. The van der Waals surface area contributed by atoms with Crippen LogP contribution in [0.3, 0.4) is 0 Å². The molecule has 5 rings (SSSR count). The zero-order valence-electron chi connectivity index (χ0n) is 25.3. The molecule has 1 N–H and O–H groups in total. The predicted molar refractivity (Wildman–Crippen MR) is 170 cm³/mol. The number of nitrogens with zero attached hydrogens (tertiary/aromatic N) is 4. The van der Waals surface area contributed by atoms with Gasteiger partial charge in [-0.2, -0.15) is 9.97 Å². The molecule has 1 fully saturated rings. The molecule has 0 saturated carbocycles. The number of allylic oxidation sites excluding steroid dienone is 1. The third kappa shape index (κ3) is 6.89. The molecule has 2 aromatic carbocycles. The first kappa shape index (κ1) is 30.6. The molecule has 3 atom stereocenters. The Morgan fingerprint density at radius 3 is 2.77 bits per heavy atom. The van der Waals surface area contributed by atoms with Crippen molar-refractivity contribution in [2.24, 2.45) is 0 Å². The summed E-state index contributed by atoms with van der Waals surface area (Å²) in [5, 5.41) is 5.46. The van der Waals surface area contributed by atoms with Crippen LogP contribution in [0.1, 0.15) is 45.3 Å². The van der Waals surface area contributed by atoms with Crippen molar-refractivity contribution in [2.75, 3.05) is 44.7 Å². The van der Waals surface area contributed by atoms with Gasteiger partial charge in [-0.3, -0.25) is 4.79 Å². The fourth-order valence-corrected chi connectivity index (χ4v) is 5.89. The molecule has 0 spiro atoms. The zero-order chi connectivity index (χ0) is 30.5. The minimum atomic E-state index is -0.467. The summed E-state index contributed by atoms with van der Waals surface area (Å²) < 4.78 is 19.5. The van der Waals surface area contributed by atoms with Crippen molar-refractivity contribution >= 4 is 34.1 Å². The molecule has 3 heterocycles. The van der Waals surface area contributed by atoms with Gasteiger partial charge in [0.15, 0.2) is 11.9 Å². The highest BCUT2D eigenvalue weighted by molar-refractivity contribution is 6.35. The van der Waals surface area contributed by atoms with Crippen LogP contribution >= 0.6 is 11.6 Å². The topological polar surface area (TPSA) is 89.1 Å². The average molecular weight is 606 g/mol. The highest BCUT2D eigenvalue weighted by Gasteiger charge is 2.36. The molecule has 0 aliphatic carbocycles. The molecular weight excluding hydrogens is 566 g/mol. The van der Waals surface area contributed by atoms with Crippen LogP contribution in [0, 0.1) is 0 Å². The standard InChI is InChI=1S/C33H40ClN5O4/c1-6-21(3)19-39(18-16-35-27(40)7-2)31-30-32(37-33(36-31)41-20-24-13-10-17-38(24)5)43-29(22(4)42-30)25-14-8-11-23-12-9-15-26(34)28(23)25/h6-9,11-12,14-15,22,24,29H,2,10,13,16-20H2,1,3-5H3,(H,35,40)/b21-6-/t22-,24+,29?/m1/s1. The van der Waals surface area contributed by atoms with E-state index < -0.39 is 6.10 Å². The number of halogens is 1. The quantitative estimate of drug-likeness (QED) is 0.219. The Hall–Kier alpha value is -3.82. The van der Waals surface area contributed by atoms with Crippen molar-refractivity contribution in [2.45, 2.75) is 51.9 Å². The number of rotatable bonds is 11. The van der Waals surface area contributed by atoms with Crippen LogP contribution in [0.4, 0.5) is 5.82 Å². The van der Waals surface area contributed by atoms with E-state index in [-0.39, 0.29) is 18.0 Å². The number of aromatic nitrogens is 2. The van der Waals surface area contributed by atoms with E-state index in [1.165, 1.54) is 6.08 Å². The number of fused-ring (bicyclic) bond motifs is 2. The van der Waals surface area contributed by atoms with Gasteiger partial charge in [-0.1, -0.05) is 60.2 Å². The van der Waals surface area contributed by atoms with Crippen molar-refractivity contribution < 1.29 is 19.0 Å². The summed E-state index contributed by atoms with van der Waals surface area (Å²) in [5.74, 6) is 1.07. The van der Waals surface area contributed by atoms with Gasteiger partial charge in [0, 0.05) is 41.6 Å². The second-order valence-electron chi connectivity index (χ2n) is 11.2. The summed E-state index contributed by atoms with van der Waals surface area (Å²) in [4.78, 5) is 25.8. The van der Waals surface area contributed by atoms with Crippen LogP contribution < -0.4 is 24.4 Å². The first-order chi connectivity index (χ1) is 20.8. The largest absolute Gasteiger partial charge is 0.478 e. The molecule has 1 amide bonds. The lowest BCUT2D eigenvalue weighted by atomic mass is 9.97. The third-order valence-electron chi connectivity index (χ3n) is 8.13. The maximum atomic E-state index is 11.9. The van der Waals surface area contributed by atoms with Gasteiger partial charge in [0.25, 0.3) is 5.88 Å². The lowest BCUT2D eigenvalue weighted by molar-refractivity contribution is -0.116. The highest BCUT2D eigenvalue weighted by Crippen LogP contribution is 2.46. The monoisotopic (exact) mass is 605 g/mol. The van der Waals surface area contributed by atoms with Crippen molar-refractivity contribution in [1.82, 2.24) is 20.2 Å². The van der Waals surface area contributed by atoms with E-state index in [9.17, 15) is 4.79 Å². The zero-order valence-corrected chi connectivity index (χ0v) is 26.1. The van der Waals surface area contributed by atoms with E-state index >= 15 is 0 Å². The molecular formula is C33H40ClN5O4. The minimum Gasteiger partial charge on any atom is -0.478 e. The van der Waals surface area contributed by atoms with E-state index in [2.05, 4.69) is 41.7 Å². The molecule has 3 aromatic rings. The van der Waals surface area contributed by atoms with Gasteiger partial charge in [-0.25, -0.2) is 0 Å². The molecule has 1 saturated heterocycles. The predicted octanol–water partition coefficient (Wildman–Crippen LogP) is 5.73. The lowest BCUT2D eigenvalue weighted by Gasteiger charge is -2.35. The number of carbonyl (C=O) groups is 1. The number of likely N-dealkylation sites (tertiary alicyclic amines) is 1. The Labute approximate surface area is 258 Å². The van der Waals surface area contributed by atoms with Gasteiger partial charge < -0.3 is 29.3 Å². The van der Waals surface area contributed by atoms with Crippen molar-refractivity contribution in [3.05, 3.63) is 71.3 Å². The number of nitrogens with one attached hydrogen (secondary N) is 1. The van der Waals surface area contributed by atoms with Gasteiger partial charge in [0.05, 0.1) is 0 Å². The molecule has 1 aromatic heterocycles. The van der Waals surface area contributed by atoms with Crippen LogP contribution in [0.5, 0.6) is 17.6 Å². The van der Waals surface area contributed by atoms with E-state index in [1.807, 2.05) is 50.2 Å². The van der Waals surface area contributed by atoms with Crippen LogP contribution in [-0.4, -0.2) is 72.8 Å². The second-order valence-corrected chi connectivity index (χ2v) is 11.6. The molecule has 43 heavy (non-hydrogen) atoms. The van der Waals surface area contributed by atoms with Crippen molar-refractivity contribution in [1.29, 1.82) is 0 Å². The number of amides is 1. The number of hydrogen-bond acceptors (Lipinski definition) is 8. The number of hydrogen-bond donors (Lipinski definition) is 1. The number of anilines is 1. The molecule has 0 bridgehead atoms. The molecule has 9 nitrogen and oxygen atoms in total. The Balaban J connectivity index is 1.54. The molecule has 0 radical (unpaired) electrons. The van der Waals surface area contributed by atoms with Crippen LogP contribution in [-0.2, 0) is 4.79 Å². The van der Waals surface area contributed by atoms with E-state index in [4.69, 9.17) is 35.8 Å². The average Bonchev–Trinajstić information content (AvgIpc) is 3.42. The highest BCUT2D eigenvalue weighted by atomic mass is 35.5. The minimum absolute atomic E-state index is 0.222. The Morgan fingerprint density at radius 2 is 2.05 bits per heavy atom. The van der Waals surface area contributed by atoms with Gasteiger partial charge in [-0.15, -0.1) is 0 Å². The van der Waals surface area contributed by atoms with E-state index in [1.54, 1.807) is 0 Å². The second kappa shape index (κ2) is 13.7. The summed E-state index contributed by atoms with van der Waals surface area (Å²) in [6.45, 7) is 12.5. The first-order valence-corrected chi connectivity index (χ1v) is 15.2. The maximum Gasteiger partial charge on any atom is 0.322 e. The normalized spacial score (nSPS) is 20.2. The molecule has 2 aliphatic heterocycles. The van der Waals surface area contributed by atoms with Gasteiger partial charge in [0.1, 0.15) is 12.7 Å². The molecule has 228 valence electrons. The Bertz CT molecular complexity index is 1510. The van der Waals surface area contributed by atoms with Gasteiger partial charge in [0.2, 0.25) is 11.7 Å². The molecule has 1 unspecified atom stereocenters. The summed E-state index contributed by atoms with van der Waals surface area (Å²) in [6.07, 6.45) is 4.67. The number of benzene rings is 2. The maximum absolute atomic E-state index is 11.9. The molecule has 10 heteroatoms. The summed E-state index contributed by atoms with van der Waals surface area (Å²) in [6, 6.07) is 12.4. The lowest BCUT2D eigenvalue weighted by Crippen LogP contribution is -2.38. The van der Waals surface area contributed by atoms with Crippen LogP contribution in [0.15, 0.2) is 60.7 Å². The third-order valence-corrected chi connectivity index (χ3v) is 8.45. The fraction of sp³-hybridized carbons (Fsp3) is 0.424. The number of likely N-dealkylation sites (N-methyl/N-ethyl adjacent to an activating group) is 1. The van der Waals surface area contributed by atoms with Gasteiger partial charge in [-0.05, 0) is 64.7 Å². The smallest absolute Gasteiger partial charge is 0.322 e. The Morgan fingerprint density at radius 1 is 1.26 bits per heavy atom. The van der Waals surface area contributed by atoms with E-state index in [0.29, 0.717) is 54.8 Å². The van der Waals surface area contributed by atoms with Crippen LogP contribution in [0.2, 0.25) is 5.02 Å². The van der Waals surface area contributed by atoms with Crippen molar-refractivity contribution in [3.8, 4) is 17.6 Å². The fourth-order valence-electron chi connectivity index (χ4n) is 5.60. The first-order valence-electron chi connectivity index (χ1n) is 14.8. The summed E-state index contributed by atoms with van der Waals surface area (Å²) in [5.41, 5.74) is 2.05. The van der Waals surface area contributed by atoms with Crippen LogP contribution in [0.25, 0.3) is 10.8 Å². The van der Waals surface area contributed by atoms with Crippen molar-refractivity contribution in [3.63, 3.8) is 0 Å². The Kier molecular flexibility index (Phi) is 9.72. The summed E-state index contributed by atoms with van der Waals surface area (Å²) in [7, 11) is 2.11. The SMILES string of the molecule is C=CC(=O)NCCN(C/C(C)=C\C)c1nc(OC[C@@H]2CCCN2C)nc2c1O[C@H](C)C(c1cccc3cccc(Cl)c13)O2. The number of carbonyl (C=O) groups excluding carboxylic acids is 1.